The third kappa shape index (κ3) is 5.40. The zero-order valence-corrected chi connectivity index (χ0v) is 20.6. The maximum absolute atomic E-state index is 6.25. The van der Waals surface area contributed by atoms with Crippen LogP contribution in [0.2, 0.25) is 0 Å². The van der Waals surface area contributed by atoms with E-state index < -0.39 is 0 Å². The van der Waals surface area contributed by atoms with E-state index in [0.29, 0.717) is 17.4 Å². The van der Waals surface area contributed by atoms with Crippen LogP contribution < -0.4 is 16.0 Å². The lowest BCUT2D eigenvalue weighted by Gasteiger charge is -2.49. The Labute approximate surface area is 194 Å². The predicted molar refractivity (Wildman–Crippen MR) is 134 cm³/mol. The van der Waals surface area contributed by atoms with Gasteiger partial charge in [-0.05, 0) is 67.0 Å². The number of halogens is 1. The van der Waals surface area contributed by atoms with Crippen molar-refractivity contribution in [3.8, 4) is 0 Å². The molecule has 0 amide bonds. The van der Waals surface area contributed by atoms with Gasteiger partial charge in [-0.25, -0.2) is 0 Å². The number of para-hydroxylation sites is 1. The number of nitrogens with zero attached hydrogens (tertiary/aromatic N) is 1. The number of piperidine rings is 1. The Morgan fingerprint density at radius 1 is 1.23 bits per heavy atom. The van der Waals surface area contributed by atoms with E-state index in [0.717, 1.165) is 43.0 Å². The van der Waals surface area contributed by atoms with Crippen molar-refractivity contribution in [2.24, 2.45) is 23.2 Å². The second kappa shape index (κ2) is 9.72. The molecule has 1 aromatic carbocycles. The van der Waals surface area contributed by atoms with Crippen molar-refractivity contribution >= 4 is 23.0 Å². The third-order valence-electron chi connectivity index (χ3n) is 7.87. The van der Waals surface area contributed by atoms with Crippen molar-refractivity contribution in [2.75, 3.05) is 36.9 Å². The predicted octanol–water partition coefficient (Wildman–Crippen LogP) is 5.87. The highest BCUT2D eigenvalue weighted by molar-refractivity contribution is 6.29. The number of hydrogen-bond acceptors (Lipinski definition) is 4. The highest BCUT2D eigenvalue weighted by Gasteiger charge is 2.40. The zero-order chi connectivity index (χ0) is 22.0. The molecule has 3 N–H and O–H groups in total. The Morgan fingerprint density at radius 3 is 2.77 bits per heavy atom. The van der Waals surface area contributed by atoms with Crippen molar-refractivity contribution in [3.05, 3.63) is 34.9 Å². The van der Waals surface area contributed by atoms with Crippen LogP contribution in [0.25, 0.3) is 0 Å². The second-order valence-electron chi connectivity index (χ2n) is 10.9. The lowest BCUT2D eigenvalue weighted by Crippen LogP contribution is -2.52. The molecule has 5 heteroatoms. The van der Waals surface area contributed by atoms with Crippen LogP contribution >= 0.6 is 11.6 Å². The molecule has 2 aliphatic heterocycles. The second-order valence-corrected chi connectivity index (χ2v) is 11.4. The summed E-state index contributed by atoms with van der Waals surface area (Å²) >= 11 is 6.25. The quantitative estimate of drug-likeness (QED) is 0.492. The maximum atomic E-state index is 6.25. The van der Waals surface area contributed by atoms with Crippen molar-refractivity contribution in [3.63, 3.8) is 0 Å². The van der Waals surface area contributed by atoms with Crippen LogP contribution in [0, 0.1) is 23.2 Å². The number of anilines is 2. The monoisotopic (exact) mass is 444 g/mol. The van der Waals surface area contributed by atoms with Gasteiger partial charge in [-0.1, -0.05) is 57.5 Å². The van der Waals surface area contributed by atoms with Crippen LogP contribution in [0.5, 0.6) is 0 Å². The molecule has 4 nitrogen and oxygen atoms in total. The molecule has 0 bridgehead atoms. The number of nitrogens with one attached hydrogen (secondary N) is 3. The summed E-state index contributed by atoms with van der Waals surface area (Å²) in [6.07, 6.45) is 7.12. The molecule has 3 atom stereocenters. The Morgan fingerprint density at radius 2 is 2.06 bits per heavy atom. The summed E-state index contributed by atoms with van der Waals surface area (Å²) in [6, 6.07) is 7.04. The van der Waals surface area contributed by atoms with Gasteiger partial charge in [0, 0.05) is 30.7 Å². The van der Waals surface area contributed by atoms with Gasteiger partial charge in [-0.15, -0.1) is 0 Å². The van der Waals surface area contributed by atoms with Gasteiger partial charge >= 0.3 is 0 Å². The van der Waals surface area contributed by atoms with Crippen LogP contribution in [-0.2, 0) is 6.54 Å². The Bertz CT molecular complexity index is 788. The van der Waals surface area contributed by atoms with Gasteiger partial charge in [0.1, 0.15) is 0 Å². The van der Waals surface area contributed by atoms with Crippen LogP contribution in [0.15, 0.2) is 29.3 Å². The van der Waals surface area contributed by atoms with E-state index in [1.165, 1.54) is 49.3 Å². The molecule has 0 aromatic heterocycles. The number of benzene rings is 1. The normalized spacial score (nSPS) is 26.7. The average molecular weight is 445 g/mol. The fourth-order valence-corrected chi connectivity index (χ4v) is 6.26. The third-order valence-corrected chi connectivity index (χ3v) is 8.21. The number of hydrogen-bond donors (Lipinski definition) is 3. The van der Waals surface area contributed by atoms with Crippen LogP contribution in [-0.4, -0.2) is 37.2 Å². The standard InChI is InChI=1S/C26H41ClN4/c1-18(2)24(28-14-20-6-5-7-23-25(20)30-17-29-23)15-31-13-12-22(26(3,4)16-31)19-8-10-21(27)11-9-19/h5-7,10,18-19,22,24,28-30H,8-9,11-17H2,1-4H3/t19?,22?,24-/m0/s1. The van der Waals surface area contributed by atoms with Crippen LogP contribution in [0.3, 0.4) is 0 Å². The molecular formula is C26H41ClN4. The number of allylic oxidation sites excluding steroid dienone is 2. The van der Waals surface area contributed by atoms with E-state index >= 15 is 0 Å². The lowest BCUT2D eigenvalue weighted by molar-refractivity contribution is 0.0117. The van der Waals surface area contributed by atoms with Crippen LogP contribution in [0.1, 0.15) is 58.9 Å². The number of likely N-dealkylation sites (tertiary alicyclic amines) is 1. The molecule has 172 valence electrons. The highest BCUT2D eigenvalue weighted by atomic mass is 35.5. The molecule has 1 aromatic rings. The van der Waals surface area contributed by atoms with Crippen molar-refractivity contribution in [1.29, 1.82) is 0 Å². The maximum Gasteiger partial charge on any atom is 0.0850 e. The van der Waals surface area contributed by atoms with Gasteiger partial charge in [0.15, 0.2) is 0 Å². The highest BCUT2D eigenvalue weighted by Crippen LogP contribution is 2.45. The first-order chi connectivity index (χ1) is 14.8. The molecule has 2 heterocycles. The minimum atomic E-state index is 0.359. The van der Waals surface area contributed by atoms with Gasteiger partial charge < -0.3 is 20.9 Å². The Kier molecular flexibility index (Phi) is 7.20. The van der Waals surface area contributed by atoms with Gasteiger partial charge in [0.05, 0.1) is 18.0 Å². The number of rotatable bonds is 7. The van der Waals surface area contributed by atoms with Crippen molar-refractivity contribution < 1.29 is 0 Å². The molecule has 1 saturated heterocycles. The van der Waals surface area contributed by atoms with E-state index in [1.54, 1.807) is 0 Å². The molecule has 1 aliphatic carbocycles. The molecule has 0 radical (unpaired) electrons. The summed E-state index contributed by atoms with van der Waals surface area (Å²) in [5, 5.41) is 11.8. The first-order valence-electron chi connectivity index (χ1n) is 12.2. The number of fused-ring (bicyclic) bond motifs is 1. The van der Waals surface area contributed by atoms with Gasteiger partial charge in [0.25, 0.3) is 0 Å². The van der Waals surface area contributed by atoms with E-state index in [9.17, 15) is 0 Å². The molecule has 1 fully saturated rings. The summed E-state index contributed by atoms with van der Waals surface area (Å²) in [6.45, 7) is 15.0. The zero-order valence-electron chi connectivity index (χ0n) is 19.8. The molecule has 0 spiro atoms. The van der Waals surface area contributed by atoms with Gasteiger partial charge in [-0.2, -0.15) is 0 Å². The first-order valence-corrected chi connectivity index (χ1v) is 12.6. The fourth-order valence-electron chi connectivity index (χ4n) is 6.06. The summed E-state index contributed by atoms with van der Waals surface area (Å²) < 4.78 is 0. The van der Waals surface area contributed by atoms with Crippen LogP contribution in [0.4, 0.5) is 11.4 Å². The molecule has 4 rings (SSSR count). The minimum Gasteiger partial charge on any atom is -0.366 e. The topological polar surface area (TPSA) is 39.3 Å². The van der Waals surface area contributed by atoms with Crippen molar-refractivity contribution in [1.82, 2.24) is 10.2 Å². The molecule has 2 unspecified atom stereocenters. The fraction of sp³-hybridized carbons (Fsp3) is 0.692. The smallest absolute Gasteiger partial charge is 0.0850 e. The summed E-state index contributed by atoms with van der Waals surface area (Å²) in [4.78, 5) is 2.72. The van der Waals surface area contributed by atoms with E-state index in [1.807, 2.05) is 0 Å². The van der Waals surface area contributed by atoms with Crippen molar-refractivity contribution in [2.45, 2.75) is 66.0 Å². The molecular weight excluding hydrogens is 404 g/mol. The minimum absolute atomic E-state index is 0.359. The summed E-state index contributed by atoms with van der Waals surface area (Å²) in [7, 11) is 0. The molecule has 0 saturated carbocycles. The average Bonchev–Trinajstić information content (AvgIpc) is 3.21. The first kappa shape index (κ1) is 22.9. The summed E-state index contributed by atoms with van der Waals surface area (Å²) in [5.41, 5.74) is 4.21. The summed E-state index contributed by atoms with van der Waals surface area (Å²) in [5.74, 6) is 2.22. The van der Waals surface area contributed by atoms with Gasteiger partial charge in [0.2, 0.25) is 0 Å². The Hall–Kier alpha value is -1.23. The SMILES string of the molecule is CC(C)[C@H](CN1CCC(C2CC=C(Cl)CC2)C(C)(C)C1)NCc1cccc2c1NCN2. The van der Waals surface area contributed by atoms with E-state index in [-0.39, 0.29) is 0 Å². The lowest BCUT2D eigenvalue weighted by atomic mass is 9.65. The largest absolute Gasteiger partial charge is 0.366 e. The molecule has 3 aliphatic rings. The molecule has 31 heavy (non-hydrogen) atoms. The Balaban J connectivity index is 1.34. The van der Waals surface area contributed by atoms with E-state index in [2.05, 4.69) is 72.8 Å². The van der Waals surface area contributed by atoms with E-state index in [4.69, 9.17) is 11.6 Å². The van der Waals surface area contributed by atoms with Gasteiger partial charge in [-0.3, -0.25) is 0 Å².